The van der Waals surface area contributed by atoms with Crippen LogP contribution in [-0.2, 0) is 10.3 Å². The number of carbonyl (C=O) groups is 1. The van der Waals surface area contributed by atoms with E-state index in [9.17, 15) is 18.0 Å². The molecular formula is C14H16F3NO3. The molecule has 0 saturated heterocycles. The number of amides is 1. The van der Waals surface area contributed by atoms with Crippen LogP contribution in [0.4, 0.5) is 23.7 Å². The van der Waals surface area contributed by atoms with Gasteiger partial charge in [-0.15, -0.1) is 0 Å². The molecule has 0 fully saturated rings. The number of fused-ring (bicyclic) bond motifs is 1. The lowest BCUT2D eigenvalue weighted by molar-refractivity contribution is -0.267. The summed E-state index contributed by atoms with van der Waals surface area (Å²) in [5.74, 6) is 0.277. The number of rotatable bonds is 4. The van der Waals surface area contributed by atoms with Gasteiger partial charge in [-0.3, -0.25) is 5.32 Å². The third-order valence-electron chi connectivity index (χ3n) is 3.51. The van der Waals surface area contributed by atoms with Gasteiger partial charge >= 0.3 is 12.3 Å². The topological polar surface area (TPSA) is 47.6 Å². The Labute approximate surface area is 120 Å². The summed E-state index contributed by atoms with van der Waals surface area (Å²) in [7, 11) is 1.37. The van der Waals surface area contributed by atoms with Crippen molar-refractivity contribution in [2.24, 2.45) is 0 Å². The minimum absolute atomic E-state index is 0.0977. The summed E-state index contributed by atoms with van der Waals surface area (Å²) >= 11 is 0. The smallest absolute Gasteiger partial charge is 0.432 e. The van der Waals surface area contributed by atoms with Crippen molar-refractivity contribution in [1.82, 2.24) is 0 Å². The number of cyclic esters (lactones) is 1. The third kappa shape index (κ3) is 2.64. The van der Waals surface area contributed by atoms with E-state index in [4.69, 9.17) is 9.47 Å². The molecule has 1 N–H and O–H groups in total. The van der Waals surface area contributed by atoms with Gasteiger partial charge in [0.05, 0.1) is 12.8 Å². The number of hydrogen-bond donors (Lipinski definition) is 1. The average molecular weight is 303 g/mol. The number of ether oxygens (including phenoxy) is 2. The zero-order valence-electron chi connectivity index (χ0n) is 11.7. The van der Waals surface area contributed by atoms with Gasteiger partial charge in [-0.1, -0.05) is 13.3 Å². The van der Waals surface area contributed by atoms with Crippen LogP contribution in [0.25, 0.3) is 0 Å². The molecule has 4 nitrogen and oxygen atoms in total. The second-order valence-corrected chi connectivity index (χ2v) is 4.85. The van der Waals surface area contributed by atoms with Crippen LogP contribution < -0.4 is 10.1 Å². The summed E-state index contributed by atoms with van der Waals surface area (Å²) in [6.45, 7) is 1.78. The lowest BCUT2D eigenvalue weighted by Crippen LogP contribution is -2.50. The van der Waals surface area contributed by atoms with E-state index >= 15 is 0 Å². The van der Waals surface area contributed by atoms with Gasteiger partial charge in [-0.2, -0.15) is 13.2 Å². The Morgan fingerprint density at radius 2 is 2.10 bits per heavy atom. The number of benzene rings is 1. The number of methoxy groups -OCH3 is 1. The lowest BCUT2D eigenvalue weighted by atomic mass is 9.85. The Hall–Kier alpha value is -1.92. The summed E-state index contributed by atoms with van der Waals surface area (Å²) in [4.78, 5) is 11.5. The third-order valence-corrected chi connectivity index (χ3v) is 3.51. The Kier molecular flexibility index (Phi) is 4.02. The molecule has 21 heavy (non-hydrogen) atoms. The summed E-state index contributed by atoms with van der Waals surface area (Å²) in [5.41, 5.74) is -2.65. The van der Waals surface area contributed by atoms with Crippen LogP contribution in [0.1, 0.15) is 31.7 Å². The van der Waals surface area contributed by atoms with E-state index in [1.165, 1.54) is 25.3 Å². The predicted molar refractivity (Wildman–Crippen MR) is 70.4 cm³/mol. The van der Waals surface area contributed by atoms with Crippen LogP contribution in [0.2, 0.25) is 0 Å². The zero-order chi connectivity index (χ0) is 15.7. The van der Waals surface area contributed by atoms with E-state index < -0.39 is 17.9 Å². The standard InChI is InChI=1S/C14H16F3NO3/c1-3-4-7-13(14(15,16)17)10-8-9(20-2)5-6-11(10)18-12(19)21-13/h5-6,8H,3-4,7H2,1-2H3,(H,18,19). The molecule has 1 aromatic rings. The first kappa shape index (κ1) is 15.5. The molecule has 0 aromatic heterocycles. The molecule has 0 aliphatic carbocycles. The van der Waals surface area contributed by atoms with E-state index in [-0.39, 0.29) is 29.8 Å². The monoisotopic (exact) mass is 303 g/mol. The van der Waals surface area contributed by atoms with Gasteiger partial charge in [0.15, 0.2) is 0 Å². The number of anilines is 1. The van der Waals surface area contributed by atoms with Gasteiger partial charge in [0.1, 0.15) is 5.75 Å². The molecule has 0 saturated carbocycles. The van der Waals surface area contributed by atoms with E-state index in [0.29, 0.717) is 6.42 Å². The molecule has 1 atom stereocenters. The van der Waals surface area contributed by atoms with Crippen LogP contribution in [0, 0.1) is 0 Å². The minimum atomic E-state index is -4.71. The van der Waals surface area contributed by atoms with Crippen molar-refractivity contribution in [2.75, 3.05) is 12.4 Å². The van der Waals surface area contributed by atoms with Gasteiger partial charge in [0.25, 0.3) is 0 Å². The maximum atomic E-state index is 13.7. The highest BCUT2D eigenvalue weighted by Gasteiger charge is 2.61. The van der Waals surface area contributed by atoms with Crippen molar-refractivity contribution in [1.29, 1.82) is 0 Å². The van der Waals surface area contributed by atoms with Crippen LogP contribution in [0.3, 0.4) is 0 Å². The maximum absolute atomic E-state index is 13.7. The predicted octanol–water partition coefficient (Wildman–Crippen LogP) is 4.21. The first-order valence-electron chi connectivity index (χ1n) is 6.59. The Bertz CT molecular complexity index is 545. The highest BCUT2D eigenvalue weighted by atomic mass is 19.4. The van der Waals surface area contributed by atoms with Crippen molar-refractivity contribution < 1.29 is 27.4 Å². The summed E-state index contributed by atoms with van der Waals surface area (Å²) < 4.78 is 50.7. The lowest BCUT2D eigenvalue weighted by Gasteiger charge is -2.39. The Balaban J connectivity index is 2.62. The molecule has 0 radical (unpaired) electrons. The Morgan fingerprint density at radius 3 is 2.67 bits per heavy atom. The van der Waals surface area contributed by atoms with Crippen LogP contribution in [0.15, 0.2) is 18.2 Å². The highest BCUT2D eigenvalue weighted by molar-refractivity contribution is 5.89. The van der Waals surface area contributed by atoms with Crippen molar-refractivity contribution >= 4 is 11.8 Å². The van der Waals surface area contributed by atoms with E-state index in [0.717, 1.165) is 0 Å². The van der Waals surface area contributed by atoms with Gasteiger partial charge in [0.2, 0.25) is 5.60 Å². The fourth-order valence-corrected chi connectivity index (χ4v) is 2.41. The van der Waals surface area contributed by atoms with E-state index in [2.05, 4.69) is 5.32 Å². The number of unbranched alkanes of at least 4 members (excludes halogenated alkanes) is 1. The van der Waals surface area contributed by atoms with Gasteiger partial charge in [-0.25, -0.2) is 4.79 Å². The highest BCUT2D eigenvalue weighted by Crippen LogP contribution is 2.51. The molecule has 7 heteroatoms. The maximum Gasteiger partial charge on any atom is 0.432 e. The van der Waals surface area contributed by atoms with Gasteiger partial charge in [0, 0.05) is 12.0 Å². The molecule has 0 spiro atoms. The number of halogens is 3. The van der Waals surface area contributed by atoms with Gasteiger partial charge < -0.3 is 9.47 Å². The summed E-state index contributed by atoms with van der Waals surface area (Å²) in [5, 5.41) is 2.30. The van der Waals surface area contributed by atoms with E-state index in [1.807, 2.05) is 0 Å². The number of nitrogens with one attached hydrogen (secondary N) is 1. The summed E-state index contributed by atoms with van der Waals surface area (Å²) in [6.07, 6.45) is -5.28. The number of hydrogen-bond acceptors (Lipinski definition) is 3. The molecule has 1 aliphatic heterocycles. The fraction of sp³-hybridized carbons (Fsp3) is 0.500. The SMILES string of the molecule is CCCCC1(C(F)(F)F)OC(=O)Nc2ccc(OC)cc21. The normalized spacial score (nSPS) is 21.3. The van der Waals surface area contributed by atoms with E-state index in [1.54, 1.807) is 6.92 Å². The summed E-state index contributed by atoms with van der Waals surface area (Å²) in [6, 6.07) is 4.14. The molecule has 1 heterocycles. The number of carbonyl (C=O) groups excluding carboxylic acids is 1. The second-order valence-electron chi connectivity index (χ2n) is 4.85. The first-order valence-corrected chi connectivity index (χ1v) is 6.59. The number of alkyl halides is 3. The zero-order valence-corrected chi connectivity index (χ0v) is 11.7. The van der Waals surface area contributed by atoms with Crippen molar-refractivity contribution in [3.8, 4) is 5.75 Å². The van der Waals surface area contributed by atoms with Gasteiger partial charge in [-0.05, 0) is 24.6 Å². The molecular weight excluding hydrogens is 287 g/mol. The molecule has 2 rings (SSSR count). The van der Waals surface area contributed by atoms with Crippen molar-refractivity contribution in [2.45, 2.75) is 38.0 Å². The minimum Gasteiger partial charge on any atom is -0.497 e. The first-order chi connectivity index (χ1) is 9.84. The molecule has 1 unspecified atom stereocenters. The quantitative estimate of drug-likeness (QED) is 0.906. The van der Waals surface area contributed by atoms with Crippen molar-refractivity contribution in [3.63, 3.8) is 0 Å². The molecule has 1 amide bonds. The second kappa shape index (κ2) is 5.46. The largest absolute Gasteiger partial charge is 0.497 e. The Morgan fingerprint density at radius 1 is 1.38 bits per heavy atom. The van der Waals surface area contributed by atoms with Crippen LogP contribution in [0.5, 0.6) is 5.75 Å². The van der Waals surface area contributed by atoms with Crippen LogP contribution in [-0.4, -0.2) is 19.4 Å². The molecule has 1 aromatic carbocycles. The molecule has 116 valence electrons. The molecule has 0 bridgehead atoms. The van der Waals surface area contributed by atoms with Crippen LogP contribution >= 0.6 is 0 Å². The van der Waals surface area contributed by atoms with Crippen molar-refractivity contribution in [3.05, 3.63) is 23.8 Å². The fourth-order valence-electron chi connectivity index (χ4n) is 2.41. The average Bonchev–Trinajstić information content (AvgIpc) is 2.42. The molecule has 1 aliphatic rings.